The summed E-state index contributed by atoms with van der Waals surface area (Å²) in [5.41, 5.74) is 4.27. The largest absolute Gasteiger partial charge is 0.495 e. The van der Waals surface area contributed by atoms with Crippen LogP contribution in [-0.2, 0) is 0 Å². The molecule has 0 saturated carbocycles. The second kappa shape index (κ2) is 10.5. The number of aliphatic hydroxyl groups is 1. The molecule has 182 valence electrons. The number of methoxy groups -OCH3 is 1. The van der Waals surface area contributed by atoms with E-state index in [1.54, 1.807) is 7.11 Å². The number of nitrogens with one attached hydrogen (secondary N) is 1. The molecule has 0 unspecified atom stereocenters. The first-order valence-corrected chi connectivity index (χ1v) is 12.4. The summed E-state index contributed by atoms with van der Waals surface area (Å²) in [6, 6.07) is 26.7. The maximum absolute atomic E-state index is 13.3. The summed E-state index contributed by atoms with van der Waals surface area (Å²) in [5, 5.41) is 13.3. The molecular formula is C29H33N3O3. The van der Waals surface area contributed by atoms with E-state index in [1.165, 1.54) is 16.7 Å². The highest BCUT2D eigenvalue weighted by Gasteiger charge is 2.49. The van der Waals surface area contributed by atoms with Crippen LogP contribution in [0.2, 0.25) is 0 Å². The fourth-order valence-electron chi connectivity index (χ4n) is 5.60. The fourth-order valence-corrected chi connectivity index (χ4v) is 5.60. The minimum Gasteiger partial charge on any atom is -0.495 e. The zero-order chi connectivity index (χ0) is 24.2. The Morgan fingerprint density at radius 3 is 2.37 bits per heavy atom. The number of carbonyl (C=O) groups is 1. The van der Waals surface area contributed by atoms with E-state index in [1.807, 2.05) is 47.4 Å². The van der Waals surface area contributed by atoms with Gasteiger partial charge in [0, 0.05) is 31.1 Å². The van der Waals surface area contributed by atoms with Gasteiger partial charge in [-0.05, 0) is 48.2 Å². The highest BCUT2D eigenvalue weighted by atomic mass is 16.5. The summed E-state index contributed by atoms with van der Waals surface area (Å²) in [6.45, 7) is 2.42. The van der Waals surface area contributed by atoms with Crippen molar-refractivity contribution in [2.75, 3.05) is 38.7 Å². The molecule has 2 amide bonds. The van der Waals surface area contributed by atoms with Gasteiger partial charge in [0.25, 0.3) is 0 Å². The van der Waals surface area contributed by atoms with Gasteiger partial charge in [-0.2, -0.15) is 0 Å². The second-order valence-corrected chi connectivity index (χ2v) is 9.35. The molecule has 2 N–H and O–H groups in total. The van der Waals surface area contributed by atoms with Gasteiger partial charge in [0.2, 0.25) is 0 Å². The number of hydrogen-bond donors (Lipinski definition) is 2. The van der Waals surface area contributed by atoms with Crippen LogP contribution in [0.1, 0.15) is 24.3 Å². The number of aliphatic hydroxyl groups excluding tert-OH is 1. The number of benzene rings is 3. The number of hydrogen-bond acceptors (Lipinski definition) is 4. The molecule has 0 spiro atoms. The van der Waals surface area contributed by atoms with E-state index in [4.69, 9.17) is 4.74 Å². The number of fused-ring (bicyclic) bond motifs is 1. The summed E-state index contributed by atoms with van der Waals surface area (Å²) >= 11 is 0. The highest BCUT2D eigenvalue weighted by Crippen LogP contribution is 2.42. The Balaban J connectivity index is 1.35. The van der Waals surface area contributed by atoms with Crippen molar-refractivity contribution >= 4 is 11.7 Å². The molecule has 2 saturated heterocycles. The van der Waals surface area contributed by atoms with E-state index < -0.39 is 0 Å². The lowest BCUT2D eigenvalue weighted by Crippen LogP contribution is -2.68. The van der Waals surface area contributed by atoms with Gasteiger partial charge >= 0.3 is 6.03 Å². The molecule has 3 atom stereocenters. The maximum atomic E-state index is 13.3. The normalized spacial score (nSPS) is 22.3. The monoisotopic (exact) mass is 471 g/mol. The third kappa shape index (κ3) is 4.77. The molecule has 2 fully saturated rings. The molecule has 3 aromatic carbocycles. The van der Waals surface area contributed by atoms with E-state index >= 15 is 0 Å². The first kappa shape index (κ1) is 23.4. The van der Waals surface area contributed by atoms with Crippen LogP contribution in [-0.4, -0.2) is 66.4 Å². The Bertz CT molecular complexity index is 1140. The van der Waals surface area contributed by atoms with Crippen molar-refractivity contribution < 1.29 is 14.6 Å². The minimum absolute atomic E-state index is 0.0832. The minimum atomic E-state index is -0.109. The third-order valence-corrected chi connectivity index (χ3v) is 7.41. The van der Waals surface area contributed by atoms with Gasteiger partial charge in [0.05, 0.1) is 19.4 Å². The molecule has 2 aliphatic rings. The van der Waals surface area contributed by atoms with Crippen molar-refractivity contribution in [3.8, 4) is 16.9 Å². The SMILES string of the molecule is COc1ccccc1NC(=O)N1CCCCN2[C@H](CO)[C@H](c3ccc(-c4ccccc4)cc3)[C@@H]2C1. The predicted octanol–water partition coefficient (Wildman–Crippen LogP) is 4.82. The number of ether oxygens (including phenoxy) is 1. The standard InChI is InChI=1S/C29H33N3O3/c1-35-27-12-6-5-11-24(27)30-29(34)31-17-7-8-18-32-25(19-31)28(26(32)20-33)23-15-13-22(14-16-23)21-9-3-2-4-10-21/h2-6,9-16,25-26,28,33H,7-8,17-20H2,1H3,(H,30,34)/t25-,26+,28+/m0/s1. The first-order chi connectivity index (χ1) is 17.2. The Labute approximate surface area is 207 Å². The van der Waals surface area contributed by atoms with Gasteiger partial charge in [-0.25, -0.2) is 4.79 Å². The molecule has 2 aliphatic heterocycles. The molecule has 3 aromatic rings. The number of anilines is 1. The number of amides is 2. The Kier molecular flexibility index (Phi) is 7.02. The summed E-state index contributed by atoms with van der Waals surface area (Å²) in [5.74, 6) is 0.833. The summed E-state index contributed by atoms with van der Waals surface area (Å²) in [7, 11) is 1.61. The average molecular weight is 472 g/mol. The quantitative estimate of drug-likeness (QED) is 0.560. The molecule has 0 radical (unpaired) electrons. The zero-order valence-electron chi connectivity index (χ0n) is 20.1. The van der Waals surface area contributed by atoms with E-state index in [-0.39, 0.29) is 30.6 Å². The van der Waals surface area contributed by atoms with Crippen LogP contribution in [0.25, 0.3) is 11.1 Å². The fraction of sp³-hybridized carbons (Fsp3) is 0.345. The second-order valence-electron chi connectivity index (χ2n) is 9.35. The Hall–Kier alpha value is -3.35. The van der Waals surface area contributed by atoms with Crippen LogP contribution in [0.3, 0.4) is 0 Å². The lowest BCUT2D eigenvalue weighted by molar-refractivity contribution is -0.0585. The molecule has 0 aromatic heterocycles. The molecule has 5 rings (SSSR count). The van der Waals surface area contributed by atoms with E-state index in [2.05, 4.69) is 46.6 Å². The summed E-state index contributed by atoms with van der Waals surface area (Å²) < 4.78 is 5.40. The van der Waals surface area contributed by atoms with Crippen LogP contribution >= 0.6 is 0 Å². The van der Waals surface area contributed by atoms with Crippen molar-refractivity contribution in [3.63, 3.8) is 0 Å². The van der Waals surface area contributed by atoms with Crippen molar-refractivity contribution in [3.05, 3.63) is 84.4 Å². The van der Waals surface area contributed by atoms with Crippen LogP contribution in [0, 0.1) is 0 Å². The number of rotatable bonds is 5. The lowest BCUT2D eigenvalue weighted by atomic mass is 9.74. The summed E-state index contributed by atoms with van der Waals surface area (Å²) in [4.78, 5) is 17.6. The first-order valence-electron chi connectivity index (χ1n) is 12.4. The van der Waals surface area contributed by atoms with Crippen molar-refractivity contribution in [2.45, 2.75) is 30.8 Å². The van der Waals surface area contributed by atoms with Crippen LogP contribution < -0.4 is 10.1 Å². The van der Waals surface area contributed by atoms with E-state index in [0.29, 0.717) is 18.0 Å². The van der Waals surface area contributed by atoms with Crippen molar-refractivity contribution in [2.24, 2.45) is 0 Å². The van der Waals surface area contributed by atoms with Gasteiger partial charge in [0.15, 0.2) is 0 Å². The van der Waals surface area contributed by atoms with Gasteiger partial charge in [-0.15, -0.1) is 0 Å². The smallest absolute Gasteiger partial charge is 0.322 e. The third-order valence-electron chi connectivity index (χ3n) is 7.41. The number of nitrogens with zero attached hydrogens (tertiary/aromatic N) is 2. The van der Waals surface area contributed by atoms with Gasteiger partial charge in [-0.3, -0.25) is 4.90 Å². The van der Waals surface area contributed by atoms with Gasteiger partial charge in [0.1, 0.15) is 5.75 Å². The van der Waals surface area contributed by atoms with Crippen LogP contribution in [0.4, 0.5) is 10.5 Å². The van der Waals surface area contributed by atoms with Crippen molar-refractivity contribution in [1.82, 2.24) is 9.80 Å². The average Bonchev–Trinajstić information content (AvgIpc) is 2.89. The lowest BCUT2D eigenvalue weighted by Gasteiger charge is -2.57. The molecule has 35 heavy (non-hydrogen) atoms. The van der Waals surface area contributed by atoms with E-state index in [9.17, 15) is 9.90 Å². The molecular weight excluding hydrogens is 438 g/mol. The molecule has 0 bridgehead atoms. The molecule has 6 heteroatoms. The zero-order valence-corrected chi connectivity index (χ0v) is 20.1. The number of urea groups is 1. The van der Waals surface area contributed by atoms with Crippen LogP contribution in [0.5, 0.6) is 5.75 Å². The van der Waals surface area contributed by atoms with Gasteiger partial charge < -0.3 is 20.1 Å². The van der Waals surface area contributed by atoms with Crippen molar-refractivity contribution in [1.29, 1.82) is 0 Å². The maximum Gasteiger partial charge on any atom is 0.322 e. The number of carbonyl (C=O) groups excluding carboxylic acids is 1. The molecule has 6 nitrogen and oxygen atoms in total. The summed E-state index contributed by atoms with van der Waals surface area (Å²) in [6.07, 6.45) is 1.95. The highest BCUT2D eigenvalue weighted by molar-refractivity contribution is 5.91. The van der Waals surface area contributed by atoms with E-state index in [0.717, 1.165) is 25.9 Å². The Morgan fingerprint density at radius 1 is 0.943 bits per heavy atom. The molecule has 0 aliphatic carbocycles. The Morgan fingerprint density at radius 2 is 1.63 bits per heavy atom. The van der Waals surface area contributed by atoms with Gasteiger partial charge in [-0.1, -0.05) is 66.7 Å². The predicted molar refractivity (Wildman–Crippen MR) is 139 cm³/mol. The number of para-hydroxylation sites is 2. The van der Waals surface area contributed by atoms with Crippen LogP contribution in [0.15, 0.2) is 78.9 Å². The topological polar surface area (TPSA) is 65.0 Å². The molecule has 2 heterocycles.